The number of sulfonamides is 1. The Morgan fingerprint density at radius 1 is 1.52 bits per heavy atom. The molecule has 2 rings (SSSR count). The van der Waals surface area contributed by atoms with Crippen LogP contribution in [-0.2, 0) is 14.8 Å². The Kier molecular flexibility index (Phi) is 4.53. The molecule has 0 saturated heterocycles. The van der Waals surface area contributed by atoms with E-state index in [9.17, 15) is 13.2 Å². The number of carbonyl (C=O) groups excluding carboxylic acids is 1. The van der Waals surface area contributed by atoms with Crippen molar-refractivity contribution in [3.63, 3.8) is 0 Å². The zero-order valence-corrected chi connectivity index (χ0v) is 12.9. The van der Waals surface area contributed by atoms with Gasteiger partial charge < -0.3 is 10.1 Å². The zero-order chi connectivity index (χ0) is 15.6. The monoisotopic (exact) mass is 312 g/mol. The first-order valence-electron chi connectivity index (χ1n) is 6.93. The normalized spacial score (nSPS) is 19.3. The summed E-state index contributed by atoms with van der Waals surface area (Å²) < 4.78 is 28.4. The van der Waals surface area contributed by atoms with Gasteiger partial charge in [-0.25, -0.2) is 13.6 Å². The summed E-state index contributed by atoms with van der Waals surface area (Å²) in [6.07, 6.45) is 1.35. The SMILES string of the molecule is CCC(C)C(=O)NC1CCOc2ccc(S(N)(=O)=O)cc21. The molecular weight excluding hydrogens is 292 g/mol. The van der Waals surface area contributed by atoms with Crippen molar-refractivity contribution in [1.29, 1.82) is 0 Å². The zero-order valence-electron chi connectivity index (χ0n) is 12.1. The Balaban J connectivity index is 2.31. The van der Waals surface area contributed by atoms with Crippen LogP contribution in [-0.4, -0.2) is 20.9 Å². The van der Waals surface area contributed by atoms with Gasteiger partial charge in [-0.3, -0.25) is 4.79 Å². The van der Waals surface area contributed by atoms with Gasteiger partial charge >= 0.3 is 0 Å². The Hall–Kier alpha value is -1.60. The second-order valence-electron chi connectivity index (χ2n) is 5.25. The predicted molar refractivity (Wildman–Crippen MR) is 78.3 cm³/mol. The summed E-state index contributed by atoms with van der Waals surface area (Å²) in [5, 5.41) is 8.10. The fraction of sp³-hybridized carbons (Fsp3) is 0.500. The van der Waals surface area contributed by atoms with Crippen molar-refractivity contribution in [2.24, 2.45) is 11.1 Å². The largest absolute Gasteiger partial charge is 0.493 e. The van der Waals surface area contributed by atoms with E-state index in [-0.39, 0.29) is 22.8 Å². The first-order chi connectivity index (χ1) is 9.82. The molecule has 3 N–H and O–H groups in total. The Bertz CT molecular complexity index is 642. The molecule has 21 heavy (non-hydrogen) atoms. The van der Waals surface area contributed by atoms with Crippen LogP contribution in [0.4, 0.5) is 0 Å². The predicted octanol–water partition coefficient (Wildman–Crippen LogP) is 1.32. The van der Waals surface area contributed by atoms with E-state index >= 15 is 0 Å². The highest BCUT2D eigenvalue weighted by Crippen LogP contribution is 2.33. The number of primary sulfonamides is 1. The van der Waals surface area contributed by atoms with Crippen LogP contribution >= 0.6 is 0 Å². The smallest absolute Gasteiger partial charge is 0.238 e. The van der Waals surface area contributed by atoms with Crippen LogP contribution in [0, 0.1) is 5.92 Å². The maximum atomic E-state index is 12.0. The maximum Gasteiger partial charge on any atom is 0.238 e. The van der Waals surface area contributed by atoms with E-state index in [1.807, 2.05) is 13.8 Å². The number of rotatable bonds is 4. The van der Waals surface area contributed by atoms with E-state index < -0.39 is 10.0 Å². The molecule has 2 atom stereocenters. The molecule has 2 unspecified atom stereocenters. The minimum absolute atomic E-state index is 0.0227. The van der Waals surface area contributed by atoms with Crippen molar-refractivity contribution in [3.05, 3.63) is 23.8 Å². The fourth-order valence-electron chi connectivity index (χ4n) is 2.20. The van der Waals surface area contributed by atoms with Crippen LogP contribution in [0.5, 0.6) is 5.75 Å². The molecule has 0 aromatic heterocycles. The van der Waals surface area contributed by atoms with E-state index in [0.717, 1.165) is 6.42 Å². The molecule has 0 radical (unpaired) electrons. The third kappa shape index (κ3) is 3.54. The molecule has 6 nitrogen and oxygen atoms in total. The lowest BCUT2D eigenvalue weighted by Crippen LogP contribution is -2.35. The molecule has 1 heterocycles. The van der Waals surface area contributed by atoms with Crippen LogP contribution in [0.2, 0.25) is 0 Å². The van der Waals surface area contributed by atoms with Crippen molar-refractivity contribution >= 4 is 15.9 Å². The van der Waals surface area contributed by atoms with E-state index in [0.29, 0.717) is 24.3 Å². The number of carbonyl (C=O) groups is 1. The highest BCUT2D eigenvalue weighted by atomic mass is 32.2. The summed E-state index contributed by atoms with van der Waals surface area (Å²) >= 11 is 0. The van der Waals surface area contributed by atoms with Crippen molar-refractivity contribution in [3.8, 4) is 5.75 Å². The first-order valence-corrected chi connectivity index (χ1v) is 8.47. The van der Waals surface area contributed by atoms with Gasteiger partial charge in [0.05, 0.1) is 17.5 Å². The average Bonchev–Trinajstić information content (AvgIpc) is 2.45. The van der Waals surface area contributed by atoms with Crippen LogP contribution in [0.25, 0.3) is 0 Å². The van der Waals surface area contributed by atoms with E-state index in [4.69, 9.17) is 9.88 Å². The van der Waals surface area contributed by atoms with E-state index in [1.54, 1.807) is 6.07 Å². The summed E-state index contributed by atoms with van der Waals surface area (Å²) in [6.45, 7) is 4.28. The van der Waals surface area contributed by atoms with Crippen LogP contribution in [0.3, 0.4) is 0 Å². The lowest BCUT2D eigenvalue weighted by molar-refractivity contribution is -0.125. The molecular formula is C14H20N2O4S. The van der Waals surface area contributed by atoms with Gasteiger partial charge in [0.15, 0.2) is 0 Å². The molecule has 0 spiro atoms. The Morgan fingerprint density at radius 3 is 2.86 bits per heavy atom. The van der Waals surface area contributed by atoms with Gasteiger partial charge in [0.2, 0.25) is 15.9 Å². The van der Waals surface area contributed by atoms with Crippen molar-refractivity contribution in [2.45, 2.75) is 37.6 Å². The summed E-state index contributed by atoms with van der Waals surface area (Å²) in [7, 11) is -3.78. The summed E-state index contributed by atoms with van der Waals surface area (Å²) in [6, 6.07) is 4.21. The number of nitrogens with one attached hydrogen (secondary N) is 1. The molecule has 0 aliphatic carbocycles. The number of amides is 1. The van der Waals surface area contributed by atoms with Crippen molar-refractivity contribution < 1.29 is 17.9 Å². The average molecular weight is 312 g/mol. The molecule has 1 aromatic rings. The summed E-state index contributed by atoms with van der Waals surface area (Å²) in [5.41, 5.74) is 0.657. The molecule has 7 heteroatoms. The molecule has 116 valence electrons. The van der Waals surface area contributed by atoms with Crippen LogP contribution < -0.4 is 15.2 Å². The molecule has 0 bridgehead atoms. The van der Waals surface area contributed by atoms with E-state index in [1.165, 1.54) is 12.1 Å². The minimum Gasteiger partial charge on any atom is -0.493 e. The maximum absolute atomic E-state index is 12.0. The van der Waals surface area contributed by atoms with Crippen LogP contribution in [0.1, 0.15) is 38.3 Å². The number of benzene rings is 1. The molecule has 1 aromatic carbocycles. The second kappa shape index (κ2) is 6.03. The minimum atomic E-state index is -3.78. The highest BCUT2D eigenvalue weighted by molar-refractivity contribution is 7.89. The third-order valence-corrected chi connectivity index (χ3v) is 4.64. The Morgan fingerprint density at radius 2 is 2.24 bits per heavy atom. The number of hydrogen-bond acceptors (Lipinski definition) is 4. The van der Waals surface area contributed by atoms with Gasteiger partial charge in [-0.2, -0.15) is 0 Å². The van der Waals surface area contributed by atoms with Crippen molar-refractivity contribution in [1.82, 2.24) is 5.32 Å². The lowest BCUT2D eigenvalue weighted by atomic mass is 9.99. The molecule has 1 aliphatic rings. The van der Waals surface area contributed by atoms with Gasteiger partial charge in [-0.15, -0.1) is 0 Å². The van der Waals surface area contributed by atoms with Gasteiger partial charge in [-0.1, -0.05) is 13.8 Å². The number of nitrogens with two attached hydrogens (primary N) is 1. The molecule has 0 fully saturated rings. The third-order valence-electron chi connectivity index (χ3n) is 3.73. The van der Waals surface area contributed by atoms with Gasteiger partial charge in [0, 0.05) is 17.9 Å². The quantitative estimate of drug-likeness (QED) is 0.876. The fourth-order valence-corrected chi connectivity index (χ4v) is 2.75. The highest BCUT2D eigenvalue weighted by Gasteiger charge is 2.26. The number of fused-ring (bicyclic) bond motifs is 1. The van der Waals surface area contributed by atoms with Crippen molar-refractivity contribution in [2.75, 3.05) is 6.61 Å². The second-order valence-corrected chi connectivity index (χ2v) is 6.81. The Labute approximate surface area is 124 Å². The topological polar surface area (TPSA) is 98.5 Å². The van der Waals surface area contributed by atoms with Gasteiger partial charge in [0.25, 0.3) is 0 Å². The van der Waals surface area contributed by atoms with Crippen LogP contribution in [0.15, 0.2) is 23.1 Å². The van der Waals surface area contributed by atoms with E-state index in [2.05, 4.69) is 5.32 Å². The van der Waals surface area contributed by atoms with Gasteiger partial charge in [0.1, 0.15) is 5.75 Å². The molecule has 0 saturated carbocycles. The summed E-state index contributed by atoms with van der Waals surface area (Å²) in [4.78, 5) is 12.1. The first kappa shape index (κ1) is 15.8. The summed E-state index contributed by atoms with van der Waals surface area (Å²) in [5.74, 6) is 0.456. The number of hydrogen-bond donors (Lipinski definition) is 2. The molecule has 1 aliphatic heterocycles. The molecule has 1 amide bonds. The van der Waals surface area contributed by atoms with Gasteiger partial charge in [-0.05, 0) is 24.6 Å². The number of ether oxygens (including phenoxy) is 1. The lowest BCUT2D eigenvalue weighted by Gasteiger charge is -2.28. The standard InChI is InChI=1S/C14H20N2O4S/c1-3-9(2)14(17)16-12-6-7-20-13-5-4-10(8-11(12)13)21(15,18)19/h4-5,8-9,12H,3,6-7H2,1-2H3,(H,16,17)(H2,15,18,19).